The van der Waals surface area contributed by atoms with Gasteiger partial charge in [-0.1, -0.05) is 18.7 Å². The predicted octanol–water partition coefficient (Wildman–Crippen LogP) is 2.12. The number of ketones is 1. The number of hydrogen-bond donors (Lipinski definition) is 1. The molecular formula is C20H23N5O3. The van der Waals surface area contributed by atoms with Gasteiger partial charge >= 0.3 is 6.09 Å². The highest BCUT2D eigenvalue weighted by atomic mass is 16.6. The number of amides is 1. The van der Waals surface area contributed by atoms with E-state index < -0.39 is 0 Å². The predicted molar refractivity (Wildman–Crippen MR) is 106 cm³/mol. The second-order valence-electron chi connectivity index (χ2n) is 6.34. The molecule has 3 heterocycles. The minimum Gasteiger partial charge on any atom is -0.445 e. The molecule has 8 nitrogen and oxygen atoms in total. The molecule has 2 N–H and O–H groups in total. The van der Waals surface area contributed by atoms with E-state index in [0.29, 0.717) is 36.7 Å². The molecule has 0 radical (unpaired) electrons. The van der Waals surface area contributed by atoms with Gasteiger partial charge in [-0.05, 0) is 30.7 Å². The average Bonchev–Trinajstić information content (AvgIpc) is 2.98. The first-order valence-electron chi connectivity index (χ1n) is 9.10. The molecule has 0 bridgehead atoms. The van der Waals surface area contributed by atoms with Crippen molar-refractivity contribution in [2.75, 3.05) is 43.4 Å². The Morgan fingerprint density at radius 3 is 2.82 bits per heavy atom. The summed E-state index contributed by atoms with van der Waals surface area (Å²) in [4.78, 5) is 37.0. The zero-order valence-corrected chi connectivity index (χ0v) is 15.6. The van der Waals surface area contributed by atoms with Gasteiger partial charge < -0.3 is 20.3 Å². The van der Waals surface area contributed by atoms with Crippen molar-refractivity contribution >= 4 is 23.5 Å². The van der Waals surface area contributed by atoms with Crippen molar-refractivity contribution in [1.29, 1.82) is 0 Å². The summed E-state index contributed by atoms with van der Waals surface area (Å²) in [5.74, 6) is 0.606. The van der Waals surface area contributed by atoms with E-state index in [-0.39, 0.29) is 24.3 Å². The molecule has 1 amide bonds. The number of nitrogens with zero attached hydrogens (tertiary/aromatic N) is 4. The number of ether oxygens (including phenoxy) is 1. The zero-order chi connectivity index (χ0) is 19.9. The van der Waals surface area contributed by atoms with Gasteiger partial charge in [-0.15, -0.1) is 0 Å². The van der Waals surface area contributed by atoms with Crippen LogP contribution in [0.5, 0.6) is 0 Å². The van der Waals surface area contributed by atoms with Gasteiger partial charge in [0.05, 0.1) is 5.56 Å². The molecule has 0 unspecified atom stereocenters. The van der Waals surface area contributed by atoms with Crippen molar-refractivity contribution in [2.45, 2.75) is 6.42 Å². The van der Waals surface area contributed by atoms with E-state index in [2.05, 4.69) is 21.4 Å². The molecule has 0 aromatic carbocycles. The second kappa shape index (κ2) is 8.98. The largest absolute Gasteiger partial charge is 0.445 e. The third-order valence-corrected chi connectivity index (χ3v) is 4.45. The first-order chi connectivity index (χ1) is 13.6. The molecule has 1 aliphatic rings. The quantitative estimate of drug-likeness (QED) is 0.625. The number of rotatable bonds is 5. The summed E-state index contributed by atoms with van der Waals surface area (Å²) in [6.45, 7) is 6.20. The number of nitrogens with two attached hydrogens (primary N) is 1. The highest BCUT2D eigenvalue weighted by Gasteiger charge is 2.22. The number of aromatic nitrogens is 2. The minimum atomic E-state index is -0.342. The lowest BCUT2D eigenvalue weighted by molar-refractivity contribution is 0.103. The van der Waals surface area contributed by atoms with Gasteiger partial charge in [0, 0.05) is 32.4 Å². The molecular weight excluding hydrogens is 358 g/mol. The molecule has 1 aliphatic heterocycles. The van der Waals surface area contributed by atoms with Crippen LogP contribution < -0.4 is 10.6 Å². The second-order valence-corrected chi connectivity index (χ2v) is 6.34. The van der Waals surface area contributed by atoms with Crippen LogP contribution in [0.1, 0.15) is 22.5 Å². The lowest BCUT2D eigenvalue weighted by Gasteiger charge is -2.22. The first-order valence-corrected chi connectivity index (χ1v) is 9.10. The van der Waals surface area contributed by atoms with Crippen molar-refractivity contribution in [3.8, 4) is 0 Å². The maximum Gasteiger partial charge on any atom is 0.410 e. The van der Waals surface area contributed by atoms with E-state index in [1.54, 1.807) is 41.4 Å². The molecule has 0 atom stereocenters. The van der Waals surface area contributed by atoms with Crippen LogP contribution in [0.3, 0.4) is 0 Å². The van der Waals surface area contributed by atoms with Gasteiger partial charge in [0.15, 0.2) is 0 Å². The van der Waals surface area contributed by atoms with Gasteiger partial charge in [0.1, 0.15) is 23.9 Å². The van der Waals surface area contributed by atoms with E-state index in [1.807, 2.05) is 6.07 Å². The standard InChI is InChI=1S/C20H23N5O3/c1-2-14-28-20(27)25-11-5-10-24(12-13-25)17-8-3-7-16(23-17)18(26)15-6-4-9-22-19(15)21/h2-4,6-9H,1,5,10-14H2,(H2,21,22). The molecule has 28 heavy (non-hydrogen) atoms. The number of anilines is 2. The molecule has 0 aliphatic carbocycles. The Morgan fingerprint density at radius 2 is 2.04 bits per heavy atom. The van der Waals surface area contributed by atoms with Crippen LogP contribution >= 0.6 is 0 Å². The van der Waals surface area contributed by atoms with Crippen LogP contribution in [0.4, 0.5) is 16.4 Å². The summed E-state index contributed by atoms with van der Waals surface area (Å²) in [5, 5.41) is 0. The Kier molecular flexibility index (Phi) is 6.21. The number of carbonyl (C=O) groups excluding carboxylic acids is 2. The molecule has 3 rings (SSSR count). The lowest BCUT2D eigenvalue weighted by atomic mass is 10.1. The first kappa shape index (κ1) is 19.3. The Labute approximate surface area is 163 Å². The average molecular weight is 381 g/mol. The van der Waals surface area contributed by atoms with E-state index >= 15 is 0 Å². The van der Waals surface area contributed by atoms with E-state index in [0.717, 1.165) is 13.0 Å². The topological polar surface area (TPSA) is 102 Å². The van der Waals surface area contributed by atoms with Crippen molar-refractivity contribution < 1.29 is 14.3 Å². The molecule has 1 saturated heterocycles. The Bertz CT molecular complexity index is 870. The fourth-order valence-corrected chi connectivity index (χ4v) is 3.02. The fourth-order valence-electron chi connectivity index (χ4n) is 3.02. The van der Waals surface area contributed by atoms with Crippen LogP contribution in [0.15, 0.2) is 49.2 Å². The summed E-state index contributed by atoms with van der Waals surface area (Å²) in [6, 6.07) is 8.62. The summed E-state index contributed by atoms with van der Waals surface area (Å²) in [5.41, 5.74) is 6.45. The molecule has 2 aromatic heterocycles. The number of nitrogen functional groups attached to an aromatic ring is 1. The van der Waals surface area contributed by atoms with Crippen molar-refractivity contribution in [3.63, 3.8) is 0 Å². The Hall–Kier alpha value is -3.42. The molecule has 8 heteroatoms. The number of hydrogen-bond acceptors (Lipinski definition) is 7. The smallest absolute Gasteiger partial charge is 0.410 e. The maximum absolute atomic E-state index is 12.7. The van der Waals surface area contributed by atoms with Crippen LogP contribution in [-0.4, -0.2) is 59.5 Å². The van der Waals surface area contributed by atoms with Gasteiger partial charge in [0.25, 0.3) is 0 Å². The SMILES string of the molecule is C=CCOC(=O)N1CCCN(c2cccc(C(=O)c3cccnc3N)n2)CC1. The maximum atomic E-state index is 12.7. The monoisotopic (exact) mass is 381 g/mol. The Balaban J connectivity index is 1.72. The van der Waals surface area contributed by atoms with E-state index in [1.165, 1.54) is 0 Å². The van der Waals surface area contributed by atoms with Gasteiger partial charge in [-0.2, -0.15) is 0 Å². The highest BCUT2D eigenvalue weighted by molar-refractivity contribution is 6.10. The zero-order valence-electron chi connectivity index (χ0n) is 15.6. The minimum absolute atomic E-state index is 0.183. The summed E-state index contributed by atoms with van der Waals surface area (Å²) >= 11 is 0. The molecule has 0 saturated carbocycles. The van der Waals surface area contributed by atoms with Gasteiger partial charge in [0.2, 0.25) is 5.78 Å². The lowest BCUT2D eigenvalue weighted by Crippen LogP contribution is -2.35. The van der Waals surface area contributed by atoms with Crippen LogP contribution in [0, 0.1) is 0 Å². The van der Waals surface area contributed by atoms with Gasteiger partial charge in [-0.25, -0.2) is 14.8 Å². The highest BCUT2D eigenvalue weighted by Crippen LogP contribution is 2.18. The third-order valence-electron chi connectivity index (χ3n) is 4.45. The van der Waals surface area contributed by atoms with Crippen LogP contribution in [-0.2, 0) is 4.74 Å². The summed E-state index contributed by atoms with van der Waals surface area (Å²) in [7, 11) is 0. The Morgan fingerprint density at radius 1 is 1.18 bits per heavy atom. The van der Waals surface area contributed by atoms with Crippen LogP contribution in [0.25, 0.3) is 0 Å². The van der Waals surface area contributed by atoms with E-state index in [9.17, 15) is 9.59 Å². The van der Waals surface area contributed by atoms with Crippen molar-refractivity contribution in [2.24, 2.45) is 0 Å². The normalized spacial score (nSPS) is 14.3. The molecule has 2 aromatic rings. The molecule has 1 fully saturated rings. The third kappa shape index (κ3) is 4.46. The summed E-state index contributed by atoms with van der Waals surface area (Å²) in [6.07, 6.45) is 3.52. The van der Waals surface area contributed by atoms with E-state index in [4.69, 9.17) is 10.5 Å². The number of pyridine rings is 2. The van der Waals surface area contributed by atoms with Gasteiger partial charge in [-0.3, -0.25) is 4.79 Å². The molecule has 146 valence electrons. The fraction of sp³-hybridized carbons (Fsp3) is 0.300. The summed E-state index contributed by atoms with van der Waals surface area (Å²) < 4.78 is 5.11. The van der Waals surface area contributed by atoms with Crippen LogP contribution in [0.2, 0.25) is 0 Å². The van der Waals surface area contributed by atoms with Crippen molar-refractivity contribution in [3.05, 3.63) is 60.4 Å². The van der Waals surface area contributed by atoms with Crippen molar-refractivity contribution in [1.82, 2.24) is 14.9 Å². The molecule has 0 spiro atoms. The number of carbonyl (C=O) groups is 2.